The molecule has 3 rings (SSSR count). The van der Waals surface area contributed by atoms with Crippen LogP contribution in [0.3, 0.4) is 0 Å². The number of hydrogen-bond donors (Lipinski definition) is 1. The molecule has 1 amide bonds. The molecule has 0 fully saturated rings. The summed E-state index contributed by atoms with van der Waals surface area (Å²) in [6.45, 7) is 3.81. The molecule has 0 saturated heterocycles. The number of hydrogen-bond acceptors (Lipinski definition) is 3. The van der Waals surface area contributed by atoms with Crippen LogP contribution in [-0.4, -0.2) is 20.7 Å². The minimum absolute atomic E-state index is 0.219. The lowest BCUT2D eigenvalue weighted by molar-refractivity contribution is 0.102. The Labute approximate surface area is 132 Å². The summed E-state index contributed by atoms with van der Waals surface area (Å²) >= 11 is 5.97. The van der Waals surface area contributed by atoms with Crippen LogP contribution in [0.1, 0.15) is 21.6 Å². The molecule has 0 aliphatic rings. The van der Waals surface area contributed by atoms with Crippen LogP contribution in [0.4, 0.5) is 5.69 Å². The highest BCUT2D eigenvalue weighted by Gasteiger charge is 2.13. The van der Waals surface area contributed by atoms with Gasteiger partial charge in [-0.3, -0.25) is 9.48 Å². The van der Waals surface area contributed by atoms with Gasteiger partial charge in [-0.2, -0.15) is 5.10 Å². The number of benzene rings is 1. The van der Waals surface area contributed by atoms with Gasteiger partial charge < -0.3 is 5.32 Å². The second-order valence-electron chi connectivity index (χ2n) is 5.22. The summed E-state index contributed by atoms with van der Waals surface area (Å²) in [6, 6.07) is 7.19. The van der Waals surface area contributed by atoms with Crippen LogP contribution in [0, 0.1) is 13.8 Å². The Kier molecular flexibility index (Phi) is 3.58. The predicted molar refractivity (Wildman–Crippen MR) is 87.4 cm³/mol. The van der Waals surface area contributed by atoms with E-state index in [2.05, 4.69) is 15.4 Å². The maximum atomic E-state index is 12.4. The number of carbonyl (C=O) groups excluding carboxylic acids is 1. The van der Waals surface area contributed by atoms with E-state index < -0.39 is 0 Å². The average Bonchev–Trinajstić information content (AvgIpc) is 2.77. The maximum absolute atomic E-state index is 12.4. The molecule has 112 valence electrons. The van der Waals surface area contributed by atoms with Crippen molar-refractivity contribution in [1.29, 1.82) is 0 Å². The molecule has 0 bridgehead atoms. The molecule has 3 aromatic rings. The molecule has 0 aliphatic carbocycles. The smallest absolute Gasteiger partial charge is 0.257 e. The monoisotopic (exact) mass is 314 g/mol. The first-order chi connectivity index (χ1) is 10.5. The van der Waals surface area contributed by atoms with E-state index in [1.165, 1.54) is 0 Å². The fraction of sp³-hybridized carbons (Fsp3) is 0.188. The van der Waals surface area contributed by atoms with E-state index in [9.17, 15) is 4.79 Å². The number of carbonyl (C=O) groups is 1. The standard InChI is InChI=1S/C16H15ClN4O/c1-9-4-5-12(17)7-14(9)19-16(22)11-6-13-10(2)20-21(3)15(13)18-8-11/h4-8H,1-3H3,(H,19,22). The Morgan fingerprint density at radius 1 is 1.27 bits per heavy atom. The number of nitrogens with zero attached hydrogens (tertiary/aromatic N) is 3. The van der Waals surface area contributed by atoms with Crippen LogP contribution in [0.5, 0.6) is 0 Å². The lowest BCUT2D eigenvalue weighted by atomic mass is 10.1. The van der Waals surface area contributed by atoms with Gasteiger partial charge in [-0.1, -0.05) is 17.7 Å². The summed E-state index contributed by atoms with van der Waals surface area (Å²) in [7, 11) is 1.83. The number of rotatable bonds is 2. The third kappa shape index (κ3) is 2.55. The van der Waals surface area contributed by atoms with Crippen LogP contribution < -0.4 is 5.32 Å². The number of nitrogens with one attached hydrogen (secondary N) is 1. The first-order valence-corrected chi connectivity index (χ1v) is 7.20. The highest BCUT2D eigenvalue weighted by molar-refractivity contribution is 6.31. The molecule has 0 radical (unpaired) electrons. The lowest BCUT2D eigenvalue weighted by Crippen LogP contribution is -2.13. The topological polar surface area (TPSA) is 59.8 Å². The summed E-state index contributed by atoms with van der Waals surface area (Å²) in [4.78, 5) is 16.7. The SMILES string of the molecule is Cc1ccc(Cl)cc1NC(=O)c1cnc2c(c1)c(C)nn2C. The van der Waals surface area contributed by atoms with Crippen LogP contribution >= 0.6 is 11.6 Å². The van der Waals surface area contributed by atoms with E-state index in [1.807, 2.05) is 27.0 Å². The fourth-order valence-corrected chi connectivity index (χ4v) is 2.53. The normalized spacial score (nSPS) is 10.9. The first-order valence-electron chi connectivity index (χ1n) is 6.82. The largest absolute Gasteiger partial charge is 0.322 e. The second-order valence-corrected chi connectivity index (χ2v) is 5.65. The van der Waals surface area contributed by atoms with E-state index >= 15 is 0 Å². The van der Waals surface area contributed by atoms with Crippen LogP contribution in [0.2, 0.25) is 5.02 Å². The summed E-state index contributed by atoms with van der Waals surface area (Å²) in [5.41, 5.74) is 3.74. The van der Waals surface area contributed by atoms with Crippen LogP contribution in [0.15, 0.2) is 30.5 Å². The Balaban J connectivity index is 1.95. The number of anilines is 1. The molecule has 6 heteroatoms. The minimum Gasteiger partial charge on any atom is -0.322 e. The molecular formula is C16H15ClN4O. The zero-order chi connectivity index (χ0) is 15.9. The van der Waals surface area contributed by atoms with Crippen molar-refractivity contribution >= 4 is 34.2 Å². The molecule has 0 unspecified atom stereocenters. The van der Waals surface area contributed by atoms with Gasteiger partial charge in [-0.15, -0.1) is 0 Å². The lowest BCUT2D eigenvalue weighted by Gasteiger charge is -2.09. The van der Waals surface area contributed by atoms with Crippen molar-refractivity contribution in [3.05, 3.63) is 52.3 Å². The van der Waals surface area contributed by atoms with Gasteiger partial charge in [0.2, 0.25) is 0 Å². The van der Waals surface area contributed by atoms with Gasteiger partial charge >= 0.3 is 0 Å². The molecule has 5 nitrogen and oxygen atoms in total. The van der Waals surface area contributed by atoms with E-state index in [0.717, 1.165) is 22.3 Å². The van der Waals surface area contributed by atoms with E-state index in [4.69, 9.17) is 11.6 Å². The van der Waals surface area contributed by atoms with Gasteiger partial charge in [0.15, 0.2) is 5.65 Å². The third-order valence-electron chi connectivity index (χ3n) is 3.57. The second kappa shape index (κ2) is 5.42. The molecular weight excluding hydrogens is 300 g/mol. The van der Waals surface area contributed by atoms with Gasteiger partial charge in [-0.05, 0) is 37.6 Å². The van der Waals surface area contributed by atoms with Crippen LogP contribution in [-0.2, 0) is 7.05 Å². The van der Waals surface area contributed by atoms with Gasteiger partial charge in [0, 0.05) is 29.3 Å². The molecule has 0 atom stereocenters. The average molecular weight is 315 g/mol. The van der Waals surface area contributed by atoms with E-state index in [1.54, 1.807) is 29.1 Å². The molecule has 0 aliphatic heterocycles. The number of pyridine rings is 1. The van der Waals surface area contributed by atoms with E-state index in [0.29, 0.717) is 16.3 Å². The van der Waals surface area contributed by atoms with Gasteiger partial charge in [0.1, 0.15) is 0 Å². The molecule has 1 N–H and O–H groups in total. The number of halogens is 1. The van der Waals surface area contributed by atoms with Gasteiger partial charge in [0.05, 0.1) is 11.3 Å². The van der Waals surface area contributed by atoms with Crippen LogP contribution in [0.25, 0.3) is 11.0 Å². The third-order valence-corrected chi connectivity index (χ3v) is 3.81. The van der Waals surface area contributed by atoms with Crippen molar-refractivity contribution in [2.75, 3.05) is 5.32 Å². The number of aryl methyl sites for hydroxylation is 3. The van der Waals surface area contributed by atoms with E-state index in [-0.39, 0.29) is 5.91 Å². The van der Waals surface area contributed by atoms with Crippen molar-refractivity contribution in [2.24, 2.45) is 7.05 Å². The summed E-state index contributed by atoms with van der Waals surface area (Å²) in [5.74, 6) is -0.219. The first kappa shape index (κ1) is 14.5. The number of amides is 1. The quantitative estimate of drug-likeness (QED) is 0.787. The van der Waals surface area contributed by atoms with Crippen molar-refractivity contribution in [3.63, 3.8) is 0 Å². The fourth-order valence-electron chi connectivity index (χ4n) is 2.36. The highest BCUT2D eigenvalue weighted by Crippen LogP contribution is 2.22. The number of fused-ring (bicyclic) bond motifs is 1. The molecule has 0 spiro atoms. The Hall–Kier alpha value is -2.40. The maximum Gasteiger partial charge on any atom is 0.257 e. The highest BCUT2D eigenvalue weighted by atomic mass is 35.5. The molecule has 1 aromatic carbocycles. The summed E-state index contributed by atoms with van der Waals surface area (Å²) < 4.78 is 1.70. The van der Waals surface area contributed by atoms with Crippen molar-refractivity contribution in [2.45, 2.75) is 13.8 Å². The predicted octanol–water partition coefficient (Wildman–Crippen LogP) is 3.49. The van der Waals surface area contributed by atoms with Crippen molar-refractivity contribution in [1.82, 2.24) is 14.8 Å². The van der Waals surface area contributed by atoms with Gasteiger partial charge in [-0.25, -0.2) is 4.98 Å². The summed E-state index contributed by atoms with van der Waals surface area (Å²) in [6.07, 6.45) is 1.55. The zero-order valence-corrected chi connectivity index (χ0v) is 13.3. The summed E-state index contributed by atoms with van der Waals surface area (Å²) in [5, 5.41) is 8.63. The molecule has 0 saturated carbocycles. The Morgan fingerprint density at radius 2 is 2.05 bits per heavy atom. The van der Waals surface area contributed by atoms with Crippen molar-refractivity contribution < 1.29 is 4.79 Å². The minimum atomic E-state index is -0.219. The molecule has 22 heavy (non-hydrogen) atoms. The van der Waals surface area contributed by atoms with Gasteiger partial charge in [0.25, 0.3) is 5.91 Å². The molecule has 2 aromatic heterocycles. The van der Waals surface area contributed by atoms with Crippen molar-refractivity contribution in [3.8, 4) is 0 Å². The number of aromatic nitrogens is 3. The molecule has 2 heterocycles. The Morgan fingerprint density at radius 3 is 2.82 bits per heavy atom. The Bertz CT molecular complexity index is 885. The zero-order valence-electron chi connectivity index (χ0n) is 12.5.